The number of ether oxygens (including phenoxy) is 1. The van der Waals surface area contributed by atoms with Crippen LogP contribution in [0.5, 0.6) is 0 Å². The minimum absolute atomic E-state index is 0.0860. The molecule has 3 heterocycles. The third-order valence-electron chi connectivity index (χ3n) is 9.97. The Balaban J connectivity index is 1.19. The lowest BCUT2D eigenvalue weighted by atomic mass is 9.79. The number of carbonyl (C=O) groups excluding carboxylic acids is 4. The third-order valence-corrected chi connectivity index (χ3v) is 11.3. The number of aromatic nitrogens is 1. The zero-order valence-electron chi connectivity index (χ0n) is 30.3. The Morgan fingerprint density at radius 3 is 2.35 bits per heavy atom. The quantitative estimate of drug-likeness (QED) is 0.334. The van der Waals surface area contributed by atoms with Crippen molar-refractivity contribution >= 4 is 45.3 Å². The molecule has 1 aromatic heterocycles. The molecule has 0 radical (unpaired) electrons. The highest BCUT2D eigenvalue weighted by Gasteiger charge is 2.51. The SMILES string of the molecule is CN(Cc1ccccc1CN(CC(=O)Nc1ccc2c(c1)CC1(C2)C(=O)Nc2ncccc21)C(=O)C1CCN(S(C)(=O)=O)CC1)C(=O)OC(C)(C)C. The zero-order chi connectivity index (χ0) is 37.4. The lowest BCUT2D eigenvalue weighted by Gasteiger charge is -2.33. The van der Waals surface area contributed by atoms with E-state index >= 15 is 0 Å². The van der Waals surface area contributed by atoms with Gasteiger partial charge in [-0.05, 0) is 86.9 Å². The van der Waals surface area contributed by atoms with Crippen molar-refractivity contribution in [2.45, 2.75) is 70.6 Å². The summed E-state index contributed by atoms with van der Waals surface area (Å²) in [6, 6.07) is 16.8. The highest BCUT2D eigenvalue weighted by Crippen LogP contribution is 2.47. The Kier molecular flexibility index (Phi) is 10.2. The van der Waals surface area contributed by atoms with Gasteiger partial charge in [0, 0.05) is 56.6 Å². The van der Waals surface area contributed by atoms with Crippen LogP contribution >= 0.6 is 0 Å². The van der Waals surface area contributed by atoms with E-state index in [0.29, 0.717) is 37.2 Å². The van der Waals surface area contributed by atoms with Crippen LogP contribution < -0.4 is 10.6 Å². The van der Waals surface area contributed by atoms with E-state index in [-0.39, 0.29) is 44.5 Å². The fourth-order valence-electron chi connectivity index (χ4n) is 7.35. The van der Waals surface area contributed by atoms with Crippen molar-refractivity contribution in [3.8, 4) is 0 Å². The van der Waals surface area contributed by atoms with Crippen molar-refractivity contribution in [3.63, 3.8) is 0 Å². The standard InChI is InChI=1S/C38H46N6O7S/c1-37(2,3)51-36(48)42(4)22-27-9-6-7-10-28(27)23-43(34(46)25-14-17-44(18-15-25)52(5,49)50)24-32(45)40-30-13-12-26-20-38(21-29(26)19-30)31-11-8-16-39-33(31)41-35(38)47/h6-13,16,19,25H,14-15,17-18,20-24H2,1-5H3,(H,40,45)(H,39,41,47). The van der Waals surface area contributed by atoms with Crippen LogP contribution in [0, 0.1) is 5.92 Å². The van der Waals surface area contributed by atoms with Gasteiger partial charge in [0.05, 0.1) is 11.7 Å². The monoisotopic (exact) mass is 730 g/mol. The molecule has 0 saturated carbocycles. The zero-order valence-corrected chi connectivity index (χ0v) is 31.1. The number of amides is 4. The van der Waals surface area contributed by atoms with E-state index in [1.165, 1.54) is 14.1 Å². The number of nitrogens with zero attached hydrogens (tertiary/aromatic N) is 4. The summed E-state index contributed by atoms with van der Waals surface area (Å²) in [4.78, 5) is 61.1. The number of fused-ring (bicyclic) bond motifs is 3. The summed E-state index contributed by atoms with van der Waals surface area (Å²) in [6.45, 7) is 5.92. The molecule has 4 amide bonds. The molecule has 13 nitrogen and oxygen atoms in total. The molecule has 2 N–H and O–H groups in total. The van der Waals surface area contributed by atoms with Crippen LogP contribution in [-0.2, 0) is 60.5 Å². The minimum Gasteiger partial charge on any atom is -0.444 e. The molecule has 276 valence electrons. The van der Waals surface area contributed by atoms with Gasteiger partial charge in [0.2, 0.25) is 27.7 Å². The lowest BCUT2D eigenvalue weighted by Crippen LogP contribution is -2.46. The molecular weight excluding hydrogens is 685 g/mol. The predicted molar refractivity (Wildman–Crippen MR) is 196 cm³/mol. The van der Waals surface area contributed by atoms with E-state index in [9.17, 15) is 27.6 Å². The Bertz CT molecular complexity index is 2000. The number of nitrogens with one attached hydrogen (secondary N) is 2. The normalized spacial score (nSPS) is 18.8. The van der Waals surface area contributed by atoms with Gasteiger partial charge in [-0.25, -0.2) is 22.5 Å². The number of anilines is 2. The smallest absolute Gasteiger partial charge is 0.410 e. The first-order valence-electron chi connectivity index (χ1n) is 17.5. The van der Waals surface area contributed by atoms with Gasteiger partial charge < -0.3 is 25.2 Å². The number of hydrogen-bond donors (Lipinski definition) is 2. The van der Waals surface area contributed by atoms with Crippen LogP contribution in [-0.4, -0.2) is 89.9 Å². The molecule has 1 saturated heterocycles. The minimum atomic E-state index is -3.39. The number of carbonyl (C=O) groups is 4. The van der Waals surface area contributed by atoms with E-state index in [4.69, 9.17) is 4.74 Å². The molecule has 3 aliphatic rings. The largest absolute Gasteiger partial charge is 0.444 e. The fraction of sp³-hybridized carbons (Fsp3) is 0.447. The highest BCUT2D eigenvalue weighted by atomic mass is 32.2. The molecule has 1 spiro atoms. The van der Waals surface area contributed by atoms with Crippen molar-refractivity contribution in [1.29, 1.82) is 0 Å². The van der Waals surface area contributed by atoms with Crippen LogP contribution in [0.15, 0.2) is 60.8 Å². The first kappa shape index (κ1) is 37.0. The van der Waals surface area contributed by atoms with Gasteiger partial charge >= 0.3 is 6.09 Å². The van der Waals surface area contributed by atoms with E-state index in [1.54, 1.807) is 34.0 Å². The molecule has 2 aromatic carbocycles. The Labute approximate surface area is 304 Å². The van der Waals surface area contributed by atoms with E-state index in [0.717, 1.165) is 34.1 Å². The summed E-state index contributed by atoms with van der Waals surface area (Å²) in [5.74, 6) is -0.607. The first-order valence-corrected chi connectivity index (χ1v) is 19.3. The molecule has 14 heteroatoms. The number of piperidine rings is 1. The van der Waals surface area contributed by atoms with Gasteiger partial charge in [0.1, 0.15) is 18.0 Å². The van der Waals surface area contributed by atoms with Crippen molar-refractivity contribution in [3.05, 3.63) is 88.6 Å². The van der Waals surface area contributed by atoms with Gasteiger partial charge in [0.15, 0.2) is 0 Å². The topological polar surface area (TPSA) is 158 Å². The van der Waals surface area contributed by atoms with Gasteiger partial charge in [0.25, 0.3) is 0 Å². The number of benzene rings is 2. The molecule has 3 aromatic rings. The van der Waals surface area contributed by atoms with Crippen LogP contribution in [0.3, 0.4) is 0 Å². The van der Waals surface area contributed by atoms with Crippen LogP contribution in [0.1, 0.15) is 61.4 Å². The molecule has 52 heavy (non-hydrogen) atoms. The Morgan fingerprint density at radius 1 is 1.00 bits per heavy atom. The van der Waals surface area contributed by atoms with Crippen LogP contribution in [0.25, 0.3) is 0 Å². The maximum absolute atomic E-state index is 14.1. The molecule has 1 unspecified atom stereocenters. The average Bonchev–Trinajstić information content (AvgIpc) is 3.60. The maximum Gasteiger partial charge on any atom is 0.410 e. The number of hydrogen-bond acceptors (Lipinski definition) is 8. The summed E-state index contributed by atoms with van der Waals surface area (Å²) in [7, 11) is -1.74. The van der Waals surface area contributed by atoms with Gasteiger partial charge in [-0.15, -0.1) is 0 Å². The van der Waals surface area contributed by atoms with Crippen LogP contribution in [0.2, 0.25) is 0 Å². The van der Waals surface area contributed by atoms with Crippen molar-refractivity contribution in [1.82, 2.24) is 19.1 Å². The first-order chi connectivity index (χ1) is 24.5. The molecule has 2 aliphatic heterocycles. The number of sulfonamides is 1. The second-order valence-corrected chi connectivity index (χ2v) is 17.0. The van der Waals surface area contributed by atoms with E-state index < -0.39 is 39.0 Å². The van der Waals surface area contributed by atoms with Crippen molar-refractivity contribution < 1.29 is 32.3 Å². The number of rotatable bonds is 9. The summed E-state index contributed by atoms with van der Waals surface area (Å²) < 4.78 is 31.2. The molecule has 1 fully saturated rings. The summed E-state index contributed by atoms with van der Waals surface area (Å²) in [5.41, 5.74) is 3.56. The van der Waals surface area contributed by atoms with Gasteiger partial charge in [-0.3, -0.25) is 14.4 Å². The lowest BCUT2D eigenvalue weighted by molar-refractivity contribution is -0.140. The predicted octanol–water partition coefficient (Wildman–Crippen LogP) is 4.08. The van der Waals surface area contributed by atoms with Crippen molar-refractivity contribution in [2.75, 3.05) is 43.6 Å². The summed E-state index contributed by atoms with van der Waals surface area (Å²) >= 11 is 0. The molecule has 1 atom stereocenters. The maximum atomic E-state index is 14.1. The fourth-order valence-corrected chi connectivity index (χ4v) is 8.23. The van der Waals surface area contributed by atoms with Crippen LogP contribution in [0.4, 0.5) is 16.3 Å². The Hall–Kier alpha value is -4.82. The molecule has 0 bridgehead atoms. The molecular formula is C38H46N6O7S. The van der Waals surface area contributed by atoms with Crippen molar-refractivity contribution in [2.24, 2.45) is 5.92 Å². The third kappa shape index (κ3) is 7.97. The summed E-state index contributed by atoms with van der Waals surface area (Å²) in [6.07, 6.45) is 4.02. The highest BCUT2D eigenvalue weighted by molar-refractivity contribution is 7.88. The number of pyridine rings is 1. The van der Waals surface area contributed by atoms with E-state index in [1.807, 2.05) is 54.6 Å². The Morgan fingerprint density at radius 2 is 1.67 bits per heavy atom. The van der Waals surface area contributed by atoms with Gasteiger partial charge in [-0.1, -0.05) is 36.4 Å². The van der Waals surface area contributed by atoms with Gasteiger partial charge in [-0.2, -0.15) is 0 Å². The van der Waals surface area contributed by atoms with E-state index in [2.05, 4.69) is 15.6 Å². The summed E-state index contributed by atoms with van der Waals surface area (Å²) in [5, 5.41) is 5.88. The second-order valence-electron chi connectivity index (χ2n) is 15.1. The molecule has 1 aliphatic carbocycles. The molecule has 6 rings (SSSR count). The second kappa shape index (κ2) is 14.3. The average molecular weight is 731 g/mol.